The molecule has 1 unspecified atom stereocenters. The molecule has 0 radical (unpaired) electrons. The quantitative estimate of drug-likeness (QED) is 0.807. The number of imidazole rings is 1. The molecule has 1 aliphatic heterocycles. The molecule has 20 heavy (non-hydrogen) atoms. The highest BCUT2D eigenvalue weighted by atomic mass is 35.5. The van der Waals surface area contributed by atoms with E-state index < -0.39 is 0 Å². The maximum absolute atomic E-state index is 5.95. The van der Waals surface area contributed by atoms with Crippen molar-refractivity contribution in [3.05, 3.63) is 29.6 Å². The molecule has 0 amide bonds. The normalized spacial score (nSPS) is 20.1. The van der Waals surface area contributed by atoms with E-state index in [-0.39, 0.29) is 0 Å². The predicted molar refractivity (Wildman–Crippen MR) is 84.5 cm³/mol. The molecule has 0 N–H and O–H groups in total. The largest absolute Gasteiger partial charge is 0.326 e. The third-order valence-corrected chi connectivity index (χ3v) is 4.55. The van der Waals surface area contributed by atoms with E-state index in [1.165, 1.54) is 30.5 Å². The van der Waals surface area contributed by atoms with Crippen molar-refractivity contribution in [1.82, 2.24) is 14.5 Å². The summed E-state index contributed by atoms with van der Waals surface area (Å²) >= 11 is 5.95. The van der Waals surface area contributed by atoms with Gasteiger partial charge in [-0.05, 0) is 51.1 Å². The van der Waals surface area contributed by atoms with Crippen molar-refractivity contribution in [2.75, 3.05) is 19.5 Å². The van der Waals surface area contributed by atoms with Gasteiger partial charge in [-0.25, -0.2) is 4.98 Å². The molecule has 1 aromatic heterocycles. The van der Waals surface area contributed by atoms with Crippen LogP contribution in [-0.4, -0.2) is 40.0 Å². The first-order valence-corrected chi connectivity index (χ1v) is 7.94. The molecule has 1 atom stereocenters. The Morgan fingerprint density at radius 2 is 2.25 bits per heavy atom. The molecular weight excluding hydrogens is 270 g/mol. The van der Waals surface area contributed by atoms with E-state index >= 15 is 0 Å². The van der Waals surface area contributed by atoms with E-state index in [9.17, 15) is 0 Å². The zero-order valence-electron chi connectivity index (χ0n) is 12.3. The second-order valence-electron chi connectivity index (χ2n) is 5.85. The van der Waals surface area contributed by atoms with Crippen LogP contribution in [0.1, 0.15) is 24.2 Å². The predicted octanol–water partition coefficient (Wildman–Crippen LogP) is 3.22. The maximum atomic E-state index is 5.95. The summed E-state index contributed by atoms with van der Waals surface area (Å²) in [6.45, 7) is 4.36. The molecule has 1 aliphatic rings. The van der Waals surface area contributed by atoms with Gasteiger partial charge in [-0.3, -0.25) is 0 Å². The van der Waals surface area contributed by atoms with Gasteiger partial charge in [-0.2, -0.15) is 0 Å². The number of nitrogens with zero attached hydrogens (tertiary/aromatic N) is 3. The Balaban J connectivity index is 1.99. The monoisotopic (exact) mass is 291 g/mol. The summed E-state index contributed by atoms with van der Waals surface area (Å²) in [7, 11) is 2.22. The summed E-state index contributed by atoms with van der Waals surface area (Å²) in [4.78, 5) is 7.25. The number of aromatic nitrogens is 2. The average Bonchev–Trinajstić information content (AvgIpc) is 2.96. The third-order valence-electron chi connectivity index (χ3n) is 4.37. The number of hydrogen-bond donors (Lipinski definition) is 0. The zero-order chi connectivity index (χ0) is 14.1. The Kier molecular flexibility index (Phi) is 3.99. The fraction of sp³-hybridized carbons (Fsp3) is 0.562. The van der Waals surface area contributed by atoms with Crippen LogP contribution in [0, 0.1) is 6.92 Å². The van der Waals surface area contributed by atoms with Gasteiger partial charge in [-0.1, -0.05) is 6.07 Å². The molecule has 1 fully saturated rings. The fourth-order valence-electron chi connectivity index (χ4n) is 3.19. The first-order valence-electron chi connectivity index (χ1n) is 7.41. The lowest BCUT2D eigenvalue weighted by molar-refractivity contribution is 0.282. The van der Waals surface area contributed by atoms with E-state index in [0.717, 1.165) is 24.3 Å². The Hall–Kier alpha value is -1.06. The van der Waals surface area contributed by atoms with E-state index in [1.807, 2.05) is 0 Å². The fourth-order valence-corrected chi connectivity index (χ4v) is 3.36. The van der Waals surface area contributed by atoms with Gasteiger partial charge in [0.1, 0.15) is 5.82 Å². The molecule has 3 rings (SSSR count). The molecule has 2 aromatic rings. The second kappa shape index (κ2) is 5.74. The Morgan fingerprint density at radius 1 is 1.40 bits per heavy atom. The number of likely N-dealkylation sites (tertiary alicyclic amines) is 1. The number of hydrogen-bond acceptors (Lipinski definition) is 2. The lowest BCUT2D eigenvalue weighted by Crippen LogP contribution is -2.29. The Labute approximate surface area is 125 Å². The van der Waals surface area contributed by atoms with Gasteiger partial charge in [0.05, 0.1) is 11.0 Å². The Morgan fingerprint density at radius 3 is 2.95 bits per heavy atom. The summed E-state index contributed by atoms with van der Waals surface area (Å²) in [5, 5.41) is 0. The molecule has 108 valence electrons. The van der Waals surface area contributed by atoms with Crippen molar-refractivity contribution in [1.29, 1.82) is 0 Å². The van der Waals surface area contributed by atoms with E-state index in [1.54, 1.807) is 0 Å². The van der Waals surface area contributed by atoms with Crippen molar-refractivity contribution in [2.24, 2.45) is 0 Å². The maximum Gasteiger partial charge on any atom is 0.111 e. The first-order chi connectivity index (χ1) is 9.69. The molecule has 1 aromatic carbocycles. The highest BCUT2D eigenvalue weighted by Gasteiger charge is 2.23. The zero-order valence-corrected chi connectivity index (χ0v) is 13.0. The van der Waals surface area contributed by atoms with Crippen molar-refractivity contribution < 1.29 is 0 Å². The van der Waals surface area contributed by atoms with Crippen molar-refractivity contribution in [2.45, 2.75) is 38.8 Å². The van der Waals surface area contributed by atoms with Gasteiger partial charge in [0, 0.05) is 24.9 Å². The minimum atomic E-state index is 0.628. The van der Waals surface area contributed by atoms with Crippen LogP contribution in [0.4, 0.5) is 0 Å². The van der Waals surface area contributed by atoms with E-state index in [4.69, 9.17) is 16.6 Å². The smallest absolute Gasteiger partial charge is 0.111 e. The highest BCUT2D eigenvalue weighted by molar-refractivity contribution is 6.17. The molecule has 1 saturated heterocycles. The van der Waals surface area contributed by atoms with Crippen molar-refractivity contribution in [3.8, 4) is 0 Å². The van der Waals surface area contributed by atoms with Crippen LogP contribution in [0.3, 0.4) is 0 Å². The summed E-state index contributed by atoms with van der Waals surface area (Å²) < 4.78 is 2.38. The number of halogens is 1. The van der Waals surface area contributed by atoms with Crippen LogP contribution < -0.4 is 0 Å². The number of alkyl halides is 1. The number of likely N-dealkylation sites (N-methyl/N-ethyl adjacent to an activating group) is 1. The molecule has 0 spiro atoms. The van der Waals surface area contributed by atoms with Gasteiger partial charge in [0.2, 0.25) is 0 Å². The van der Waals surface area contributed by atoms with E-state index in [0.29, 0.717) is 11.9 Å². The lowest BCUT2D eigenvalue weighted by atomic mass is 10.2. The van der Waals surface area contributed by atoms with Crippen LogP contribution >= 0.6 is 11.6 Å². The standard InChI is InChI=1S/C16H22ClN3/c1-12-5-6-15-14(10-12)18-16(7-8-17)20(15)11-13-4-3-9-19(13)2/h5-6,10,13H,3-4,7-9,11H2,1-2H3. The molecule has 0 bridgehead atoms. The van der Waals surface area contributed by atoms with Gasteiger partial charge >= 0.3 is 0 Å². The van der Waals surface area contributed by atoms with Gasteiger partial charge in [0.25, 0.3) is 0 Å². The number of rotatable bonds is 4. The number of benzene rings is 1. The van der Waals surface area contributed by atoms with Crippen molar-refractivity contribution >= 4 is 22.6 Å². The molecule has 3 nitrogen and oxygen atoms in total. The molecule has 0 aliphatic carbocycles. The Bertz CT molecular complexity index is 605. The minimum Gasteiger partial charge on any atom is -0.326 e. The summed E-state index contributed by atoms with van der Waals surface area (Å²) in [6, 6.07) is 7.16. The topological polar surface area (TPSA) is 21.1 Å². The summed E-state index contributed by atoms with van der Waals surface area (Å²) in [5.74, 6) is 1.75. The lowest BCUT2D eigenvalue weighted by Gasteiger charge is -2.21. The summed E-state index contributed by atoms with van der Waals surface area (Å²) in [5.41, 5.74) is 3.61. The van der Waals surface area contributed by atoms with Gasteiger partial charge < -0.3 is 9.47 Å². The van der Waals surface area contributed by atoms with E-state index in [2.05, 4.69) is 41.6 Å². The SMILES string of the molecule is Cc1ccc2c(c1)nc(CCCl)n2CC1CCCN1C. The third kappa shape index (κ3) is 2.57. The first kappa shape index (κ1) is 13.9. The molecule has 0 saturated carbocycles. The van der Waals surface area contributed by atoms with Crippen LogP contribution in [-0.2, 0) is 13.0 Å². The van der Waals surface area contributed by atoms with Crippen LogP contribution in [0.5, 0.6) is 0 Å². The van der Waals surface area contributed by atoms with Gasteiger partial charge in [-0.15, -0.1) is 11.6 Å². The van der Waals surface area contributed by atoms with Crippen LogP contribution in [0.2, 0.25) is 0 Å². The summed E-state index contributed by atoms with van der Waals surface area (Å²) in [6.07, 6.45) is 3.42. The highest BCUT2D eigenvalue weighted by Crippen LogP contribution is 2.23. The van der Waals surface area contributed by atoms with Crippen molar-refractivity contribution in [3.63, 3.8) is 0 Å². The molecule has 4 heteroatoms. The second-order valence-corrected chi connectivity index (χ2v) is 6.22. The number of fused-ring (bicyclic) bond motifs is 1. The van der Waals surface area contributed by atoms with Gasteiger partial charge in [0.15, 0.2) is 0 Å². The average molecular weight is 292 g/mol. The van der Waals surface area contributed by atoms with Crippen LogP contribution in [0.15, 0.2) is 18.2 Å². The van der Waals surface area contributed by atoms with Crippen LogP contribution in [0.25, 0.3) is 11.0 Å². The minimum absolute atomic E-state index is 0.628. The molecular formula is C16H22ClN3. The number of aryl methyl sites for hydroxylation is 2. The molecule has 2 heterocycles.